The molecule has 2 heteroatoms. The number of nitrogens with one attached hydrogen (secondary N) is 1. The van der Waals surface area contributed by atoms with Crippen LogP contribution in [0.25, 0.3) is 0 Å². The van der Waals surface area contributed by atoms with E-state index in [1.54, 1.807) is 0 Å². The fourth-order valence-electron chi connectivity index (χ4n) is 2.68. The Morgan fingerprint density at radius 3 is 3.08 bits per heavy atom. The van der Waals surface area contributed by atoms with Gasteiger partial charge < -0.3 is 5.32 Å². The number of hydrogen-bond acceptors (Lipinski definition) is 2. The molecule has 0 radical (unpaired) electrons. The first-order valence-electron chi connectivity index (χ1n) is 5.44. The van der Waals surface area contributed by atoms with E-state index in [0.717, 1.165) is 12.1 Å². The minimum Gasteiger partial charge on any atom is -0.306 e. The van der Waals surface area contributed by atoms with E-state index >= 15 is 0 Å². The predicted octanol–water partition coefficient (Wildman–Crippen LogP) is 1.39. The van der Waals surface area contributed by atoms with Gasteiger partial charge in [-0.05, 0) is 32.7 Å². The van der Waals surface area contributed by atoms with Crippen molar-refractivity contribution in [1.82, 2.24) is 10.2 Å². The quantitative estimate of drug-likeness (QED) is 0.660. The Morgan fingerprint density at radius 1 is 1.46 bits per heavy atom. The van der Waals surface area contributed by atoms with Crippen LogP contribution in [0.4, 0.5) is 0 Å². The van der Waals surface area contributed by atoms with Crippen molar-refractivity contribution in [2.75, 3.05) is 13.1 Å². The van der Waals surface area contributed by atoms with Crippen molar-refractivity contribution in [3.8, 4) is 0 Å². The summed E-state index contributed by atoms with van der Waals surface area (Å²) in [6.45, 7) is 8.62. The molecule has 2 aliphatic rings. The maximum Gasteiger partial charge on any atom is 0.0250 e. The van der Waals surface area contributed by atoms with Crippen molar-refractivity contribution in [1.29, 1.82) is 0 Å². The second-order valence-corrected chi connectivity index (χ2v) is 4.33. The summed E-state index contributed by atoms with van der Waals surface area (Å²) >= 11 is 0. The summed E-state index contributed by atoms with van der Waals surface area (Å²) < 4.78 is 0. The Labute approximate surface area is 81.0 Å². The van der Waals surface area contributed by atoms with Crippen molar-refractivity contribution in [2.45, 2.75) is 44.3 Å². The van der Waals surface area contributed by atoms with Crippen LogP contribution in [0.1, 0.15) is 26.2 Å². The van der Waals surface area contributed by atoms with Crippen LogP contribution in [0.15, 0.2) is 12.7 Å². The molecule has 74 valence electrons. The molecule has 2 aliphatic heterocycles. The lowest BCUT2D eigenvalue weighted by molar-refractivity contribution is 0.296. The van der Waals surface area contributed by atoms with Crippen LogP contribution in [-0.2, 0) is 0 Å². The lowest BCUT2D eigenvalue weighted by Gasteiger charge is -2.23. The van der Waals surface area contributed by atoms with Crippen LogP contribution in [0.2, 0.25) is 0 Å². The van der Waals surface area contributed by atoms with Crippen LogP contribution in [0.5, 0.6) is 0 Å². The van der Waals surface area contributed by atoms with Crippen LogP contribution < -0.4 is 5.32 Å². The number of hydrogen-bond donors (Lipinski definition) is 1. The Kier molecular flexibility index (Phi) is 2.70. The third kappa shape index (κ3) is 1.79. The van der Waals surface area contributed by atoms with Crippen LogP contribution in [-0.4, -0.2) is 36.1 Å². The van der Waals surface area contributed by atoms with Crippen molar-refractivity contribution < 1.29 is 0 Å². The Bertz CT molecular complexity index is 191. The van der Waals surface area contributed by atoms with E-state index in [-0.39, 0.29) is 0 Å². The Morgan fingerprint density at radius 2 is 2.31 bits per heavy atom. The van der Waals surface area contributed by atoms with E-state index in [1.807, 2.05) is 6.08 Å². The SMILES string of the molecule is C=CC(C)NC1CCN2CCCC12. The normalized spacial score (nSPS) is 36.1. The molecule has 0 amide bonds. The molecule has 0 aromatic heterocycles. The monoisotopic (exact) mass is 180 g/mol. The molecule has 3 unspecified atom stereocenters. The average Bonchev–Trinajstić information content (AvgIpc) is 2.69. The predicted molar refractivity (Wildman–Crippen MR) is 55.8 cm³/mol. The number of nitrogens with zero attached hydrogens (tertiary/aromatic N) is 1. The van der Waals surface area contributed by atoms with Gasteiger partial charge in [0, 0.05) is 24.7 Å². The van der Waals surface area contributed by atoms with Gasteiger partial charge in [-0.1, -0.05) is 6.08 Å². The summed E-state index contributed by atoms with van der Waals surface area (Å²) in [6, 6.07) is 2.00. The standard InChI is InChI=1S/C11H20N2/c1-3-9(2)12-10-6-8-13-7-4-5-11(10)13/h3,9-12H,1,4-8H2,2H3. The molecule has 2 fully saturated rings. The third-order valence-electron chi connectivity index (χ3n) is 3.44. The van der Waals surface area contributed by atoms with Crippen LogP contribution in [0, 0.1) is 0 Å². The number of rotatable bonds is 3. The molecule has 2 nitrogen and oxygen atoms in total. The highest BCUT2D eigenvalue weighted by atomic mass is 15.2. The van der Waals surface area contributed by atoms with Gasteiger partial charge in [-0.15, -0.1) is 6.58 Å². The van der Waals surface area contributed by atoms with Crippen molar-refractivity contribution in [3.63, 3.8) is 0 Å². The van der Waals surface area contributed by atoms with Gasteiger partial charge in [0.2, 0.25) is 0 Å². The van der Waals surface area contributed by atoms with E-state index < -0.39 is 0 Å². The summed E-state index contributed by atoms with van der Waals surface area (Å²) in [5.41, 5.74) is 0. The highest BCUT2D eigenvalue weighted by Gasteiger charge is 2.36. The molecular formula is C11H20N2. The molecule has 2 heterocycles. The Hall–Kier alpha value is -0.340. The summed E-state index contributed by atoms with van der Waals surface area (Å²) in [6.07, 6.45) is 6.10. The first-order chi connectivity index (χ1) is 6.31. The van der Waals surface area contributed by atoms with Gasteiger partial charge in [0.1, 0.15) is 0 Å². The van der Waals surface area contributed by atoms with E-state index in [0.29, 0.717) is 6.04 Å². The molecule has 0 aromatic carbocycles. The van der Waals surface area contributed by atoms with Gasteiger partial charge in [0.05, 0.1) is 0 Å². The van der Waals surface area contributed by atoms with E-state index in [1.165, 1.54) is 32.4 Å². The molecule has 3 atom stereocenters. The minimum absolute atomic E-state index is 0.463. The minimum atomic E-state index is 0.463. The van der Waals surface area contributed by atoms with Crippen LogP contribution in [0.3, 0.4) is 0 Å². The number of fused-ring (bicyclic) bond motifs is 1. The third-order valence-corrected chi connectivity index (χ3v) is 3.44. The topological polar surface area (TPSA) is 15.3 Å². The summed E-state index contributed by atoms with van der Waals surface area (Å²) in [4.78, 5) is 2.63. The molecule has 13 heavy (non-hydrogen) atoms. The zero-order chi connectivity index (χ0) is 9.26. The molecule has 0 bridgehead atoms. The molecular weight excluding hydrogens is 160 g/mol. The van der Waals surface area contributed by atoms with E-state index in [2.05, 4.69) is 23.7 Å². The average molecular weight is 180 g/mol. The van der Waals surface area contributed by atoms with Crippen molar-refractivity contribution >= 4 is 0 Å². The van der Waals surface area contributed by atoms with Gasteiger partial charge in [-0.3, -0.25) is 4.90 Å². The maximum atomic E-state index is 3.81. The fourth-order valence-corrected chi connectivity index (χ4v) is 2.68. The zero-order valence-corrected chi connectivity index (χ0v) is 8.50. The van der Waals surface area contributed by atoms with Crippen LogP contribution >= 0.6 is 0 Å². The highest BCUT2D eigenvalue weighted by molar-refractivity contribution is 4.98. The second-order valence-electron chi connectivity index (χ2n) is 4.33. The zero-order valence-electron chi connectivity index (χ0n) is 8.50. The lowest BCUT2D eigenvalue weighted by atomic mass is 10.1. The summed E-state index contributed by atoms with van der Waals surface area (Å²) in [7, 11) is 0. The van der Waals surface area contributed by atoms with E-state index in [9.17, 15) is 0 Å². The summed E-state index contributed by atoms with van der Waals surface area (Å²) in [5.74, 6) is 0. The second kappa shape index (κ2) is 3.81. The maximum absolute atomic E-state index is 3.81. The molecule has 0 aliphatic carbocycles. The van der Waals surface area contributed by atoms with E-state index in [4.69, 9.17) is 0 Å². The van der Waals surface area contributed by atoms with Crippen molar-refractivity contribution in [2.24, 2.45) is 0 Å². The van der Waals surface area contributed by atoms with Gasteiger partial charge in [-0.2, -0.15) is 0 Å². The fraction of sp³-hybridized carbons (Fsp3) is 0.818. The van der Waals surface area contributed by atoms with Gasteiger partial charge in [-0.25, -0.2) is 0 Å². The molecule has 2 saturated heterocycles. The molecule has 0 spiro atoms. The van der Waals surface area contributed by atoms with Crippen molar-refractivity contribution in [3.05, 3.63) is 12.7 Å². The lowest BCUT2D eigenvalue weighted by Crippen LogP contribution is -2.42. The largest absolute Gasteiger partial charge is 0.306 e. The molecule has 0 saturated carbocycles. The van der Waals surface area contributed by atoms with Gasteiger partial charge in [0.15, 0.2) is 0 Å². The van der Waals surface area contributed by atoms with Gasteiger partial charge in [0.25, 0.3) is 0 Å². The van der Waals surface area contributed by atoms with Gasteiger partial charge >= 0.3 is 0 Å². The molecule has 2 rings (SSSR count). The smallest absolute Gasteiger partial charge is 0.0250 e. The Balaban J connectivity index is 1.89. The summed E-state index contributed by atoms with van der Waals surface area (Å²) in [5, 5.41) is 3.64. The molecule has 1 N–H and O–H groups in total. The first kappa shape index (κ1) is 9.22. The highest BCUT2D eigenvalue weighted by Crippen LogP contribution is 2.28. The first-order valence-corrected chi connectivity index (χ1v) is 5.44. The molecule has 0 aromatic rings.